The quantitative estimate of drug-likeness (QED) is 0.180. The summed E-state index contributed by atoms with van der Waals surface area (Å²) >= 11 is 0. The molecule has 0 fully saturated rings. The number of nitrogens with one attached hydrogen (secondary N) is 1. The third kappa shape index (κ3) is 10.7. The molecule has 0 aliphatic heterocycles. The van der Waals surface area contributed by atoms with Crippen LogP contribution in [0.2, 0.25) is 0 Å². The number of hydrogen-bond acceptors (Lipinski definition) is 0. The Kier molecular flexibility index (Phi) is 15.4. The van der Waals surface area contributed by atoms with E-state index in [-0.39, 0.29) is 0 Å². The van der Waals surface area contributed by atoms with Crippen molar-refractivity contribution >= 4 is 0 Å². The summed E-state index contributed by atoms with van der Waals surface area (Å²) in [5.74, 6) is 2.23. The molecule has 2 heteroatoms. The highest BCUT2D eigenvalue weighted by Crippen LogP contribution is 2.27. The Hall–Kier alpha value is -0.790. The summed E-state index contributed by atoms with van der Waals surface area (Å²) in [5, 5.41) is 0. The molecule has 0 aliphatic carbocycles. The van der Waals surface area contributed by atoms with Gasteiger partial charge in [0, 0.05) is 0 Å². The topological polar surface area (TPSA) is 19.7 Å². The molecule has 1 aromatic heterocycles. The maximum atomic E-state index is 3.65. The number of H-pyrrole nitrogens is 1. The molecule has 2 unspecified atom stereocenters. The average Bonchev–Trinajstić information content (AvgIpc) is 3.18. The van der Waals surface area contributed by atoms with Gasteiger partial charge in [0.1, 0.15) is 12.4 Å². The highest BCUT2D eigenvalue weighted by Gasteiger charge is 2.25. The van der Waals surface area contributed by atoms with Crippen LogP contribution in [0.25, 0.3) is 0 Å². The Labute approximate surface area is 176 Å². The lowest BCUT2D eigenvalue weighted by Crippen LogP contribution is -2.41. The zero-order chi connectivity index (χ0) is 20.5. The number of imidazole rings is 1. The fraction of sp³-hybridized carbons (Fsp3) is 0.885. The van der Waals surface area contributed by atoms with Crippen molar-refractivity contribution in [1.82, 2.24) is 4.98 Å². The average molecular weight is 392 g/mol. The van der Waals surface area contributed by atoms with Gasteiger partial charge in [-0.1, -0.05) is 104 Å². The van der Waals surface area contributed by atoms with Gasteiger partial charge < -0.3 is 0 Å². The van der Waals surface area contributed by atoms with Gasteiger partial charge >= 0.3 is 0 Å². The summed E-state index contributed by atoms with van der Waals surface area (Å²) in [6, 6.07) is 0.625. The molecule has 0 radical (unpaired) electrons. The Morgan fingerprint density at radius 3 is 1.71 bits per heavy atom. The minimum Gasteiger partial charge on any atom is -0.247 e. The SMILES string of the molecule is CCCCCCCCC(CCCCCCC)c1[nH]cc[n+]1C(C)CCCCC. The maximum Gasteiger partial charge on any atom is 0.257 e. The van der Waals surface area contributed by atoms with E-state index >= 15 is 0 Å². The van der Waals surface area contributed by atoms with Gasteiger partial charge in [0.15, 0.2) is 0 Å². The molecule has 164 valence electrons. The second kappa shape index (κ2) is 17.1. The van der Waals surface area contributed by atoms with Gasteiger partial charge in [-0.05, 0) is 32.6 Å². The van der Waals surface area contributed by atoms with Gasteiger partial charge in [-0.3, -0.25) is 0 Å². The summed E-state index contributed by atoms with van der Waals surface area (Å²) in [7, 11) is 0. The molecule has 0 aliphatic rings. The van der Waals surface area contributed by atoms with E-state index in [0.717, 1.165) is 5.92 Å². The van der Waals surface area contributed by atoms with E-state index in [9.17, 15) is 0 Å². The summed E-state index contributed by atoms with van der Waals surface area (Å²) in [4.78, 5) is 3.65. The van der Waals surface area contributed by atoms with E-state index in [1.54, 1.807) is 0 Å². The van der Waals surface area contributed by atoms with Crippen molar-refractivity contribution in [1.29, 1.82) is 0 Å². The molecule has 0 spiro atoms. The van der Waals surface area contributed by atoms with E-state index in [1.165, 1.54) is 115 Å². The zero-order valence-electron chi connectivity index (χ0n) is 19.8. The minimum absolute atomic E-state index is 0.625. The largest absolute Gasteiger partial charge is 0.257 e. The minimum atomic E-state index is 0.625. The smallest absolute Gasteiger partial charge is 0.247 e. The molecular weight excluding hydrogens is 340 g/mol. The molecular formula is C26H51N2+. The highest BCUT2D eigenvalue weighted by molar-refractivity contribution is 4.90. The van der Waals surface area contributed by atoms with Crippen molar-refractivity contribution in [3.8, 4) is 0 Å². The lowest BCUT2D eigenvalue weighted by atomic mass is 9.93. The number of nitrogens with zero attached hydrogens (tertiary/aromatic N) is 1. The van der Waals surface area contributed by atoms with Crippen LogP contribution in [0, 0.1) is 0 Å². The van der Waals surface area contributed by atoms with Crippen LogP contribution in [0.15, 0.2) is 12.4 Å². The van der Waals surface area contributed by atoms with Crippen LogP contribution in [0.4, 0.5) is 0 Å². The van der Waals surface area contributed by atoms with Crippen LogP contribution >= 0.6 is 0 Å². The van der Waals surface area contributed by atoms with Gasteiger partial charge in [-0.25, -0.2) is 9.55 Å². The molecule has 0 saturated heterocycles. The number of unbranched alkanes of at least 4 members (excludes halogenated alkanes) is 11. The van der Waals surface area contributed by atoms with E-state index < -0.39 is 0 Å². The van der Waals surface area contributed by atoms with Gasteiger partial charge in [0.2, 0.25) is 0 Å². The monoisotopic (exact) mass is 391 g/mol. The van der Waals surface area contributed by atoms with Crippen LogP contribution in [-0.4, -0.2) is 4.98 Å². The molecule has 1 aromatic rings. The standard InChI is InChI=1S/C26H50N2/c1-5-8-11-13-15-18-21-25(20-17-14-12-9-6-2)26-27-22-23-28(26)24(4)19-16-10-7-3/h22-25H,5-21H2,1-4H3/p+1. The van der Waals surface area contributed by atoms with E-state index in [4.69, 9.17) is 0 Å². The molecule has 1 N–H and O–H groups in total. The first-order chi connectivity index (χ1) is 13.7. The molecule has 28 heavy (non-hydrogen) atoms. The predicted molar refractivity (Wildman–Crippen MR) is 124 cm³/mol. The Bertz CT molecular complexity index is 451. The van der Waals surface area contributed by atoms with Crippen molar-refractivity contribution in [3.05, 3.63) is 18.2 Å². The third-order valence-electron chi connectivity index (χ3n) is 6.39. The molecule has 0 amide bonds. The maximum absolute atomic E-state index is 3.65. The van der Waals surface area contributed by atoms with Gasteiger partial charge in [0.25, 0.3) is 5.82 Å². The summed E-state index contributed by atoms with van der Waals surface area (Å²) in [6.45, 7) is 9.33. The molecule has 1 heterocycles. The fourth-order valence-corrected chi connectivity index (χ4v) is 4.48. The zero-order valence-corrected chi connectivity index (χ0v) is 19.8. The molecule has 0 aromatic carbocycles. The molecule has 0 bridgehead atoms. The van der Waals surface area contributed by atoms with Gasteiger partial charge in [-0.15, -0.1) is 0 Å². The first-order valence-corrected chi connectivity index (χ1v) is 12.8. The number of hydrogen-bond donors (Lipinski definition) is 1. The van der Waals surface area contributed by atoms with E-state index in [1.807, 2.05) is 0 Å². The van der Waals surface area contributed by atoms with Crippen molar-refractivity contribution in [2.45, 2.75) is 149 Å². The van der Waals surface area contributed by atoms with E-state index in [0.29, 0.717) is 6.04 Å². The lowest BCUT2D eigenvalue weighted by Gasteiger charge is -2.17. The highest BCUT2D eigenvalue weighted by atomic mass is 15.1. The summed E-state index contributed by atoms with van der Waals surface area (Å²) < 4.78 is 2.57. The first kappa shape index (κ1) is 25.2. The van der Waals surface area contributed by atoms with E-state index in [2.05, 4.69) is 49.6 Å². The normalized spacial score (nSPS) is 13.7. The van der Waals surface area contributed by atoms with Crippen molar-refractivity contribution < 1.29 is 4.57 Å². The Morgan fingerprint density at radius 1 is 0.679 bits per heavy atom. The first-order valence-electron chi connectivity index (χ1n) is 12.8. The number of rotatable bonds is 19. The predicted octanol–water partition coefficient (Wildman–Crippen LogP) is 8.64. The number of aromatic nitrogens is 2. The van der Waals surface area contributed by atoms with Crippen LogP contribution in [-0.2, 0) is 0 Å². The number of aromatic amines is 1. The summed E-state index contributed by atoms with van der Waals surface area (Å²) in [5.41, 5.74) is 0. The van der Waals surface area contributed by atoms with Gasteiger partial charge in [0.05, 0.1) is 12.0 Å². The van der Waals surface area contributed by atoms with Crippen LogP contribution in [0.5, 0.6) is 0 Å². The molecule has 1 rings (SSSR count). The molecule has 2 atom stereocenters. The summed E-state index contributed by atoms with van der Waals surface area (Å²) in [6.07, 6.45) is 27.9. The molecule has 0 saturated carbocycles. The second-order valence-corrected chi connectivity index (χ2v) is 9.05. The van der Waals surface area contributed by atoms with Crippen molar-refractivity contribution in [3.63, 3.8) is 0 Å². The van der Waals surface area contributed by atoms with Gasteiger partial charge in [-0.2, -0.15) is 0 Å². The van der Waals surface area contributed by atoms with Crippen molar-refractivity contribution in [2.75, 3.05) is 0 Å². The molecule has 2 nitrogen and oxygen atoms in total. The second-order valence-electron chi connectivity index (χ2n) is 9.05. The van der Waals surface area contributed by atoms with Crippen LogP contribution in [0.1, 0.15) is 155 Å². The Morgan fingerprint density at radius 2 is 1.14 bits per heavy atom. The van der Waals surface area contributed by atoms with Crippen LogP contribution < -0.4 is 4.57 Å². The Balaban J connectivity index is 2.60. The van der Waals surface area contributed by atoms with Crippen LogP contribution in [0.3, 0.4) is 0 Å². The fourth-order valence-electron chi connectivity index (χ4n) is 4.48. The third-order valence-corrected chi connectivity index (χ3v) is 6.39. The van der Waals surface area contributed by atoms with Crippen molar-refractivity contribution in [2.24, 2.45) is 0 Å². The lowest BCUT2D eigenvalue weighted by molar-refractivity contribution is -0.727.